The van der Waals surface area contributed by atoms with Crippen molar-refractivity contribution in [2.45, 2.75) is 33.2 Å². The molecule has 0 aliphatic heterocycles. The van der Waals surface area contributed by atoms with Gasteiger partial charge in [0.2, 0.25) is 5.88 Å². The minimum atomic E-state index is -0.0196. The van der Waals surface area contributed by atoms with Gasteiger partial charge in [0, 0.05) is 24.0 Å². The van der Waals surface area contributed by atoms with Crippen LogP contribution in [-0.4, -0.2) is 9.97 Å². The van der Waals surface area contributed by atoms with Crippen molar-refractivity contribution in [3.63, 3.8) is 0 Å². The summed E-state index contributed by atoms with van der Waals surface area (Å²) in [7, 11) is 0. The first kappa shape index (κ1) is 13.5. The monoisotopic (exact) mass is 257 g/mol. The molecule has 0 saturated heterocycles. The van der Waals surface area contributed by atoms with Crippen LogP contribution in [0.1, 0.15) is 36.8 Å². The zero-order chi connectivity index (χ0) is 13.8. The molecule has 1 atom stereocenters. The van der Waals surface area contributed by atoms with Crippen LogP contribution in [-0.2, 0) is 6.42 Å². The molecule has 19 heavy (non-hydrogen) atoms. The van der Waals surface area contributed by atoms with E-state index in [9.17, 15) is 0 Å². The van der Waals surface area contributed by atoms with E-state index in [2.05, 4.69) is 16.9 Å². The summed E-state index contributed by atoms with van der Waals surface area (Å²) in [6.07, 6.45) is 2.57. The fourth-order valence-electron chi connectivity index (χ4n) is 1.78. The predicted molar refractivity (Wildman–Crippen MR) is 75.3 cm³/mol. The molecule has 2 rings (SSSR count). The minimum Gasteiger partial charge on any atom is -0.437 e. The zero-order valence-electron chi connectivity index (χ0n) is 11.6. The minimum absolute atomic E-state index is 0.0196. The van der Waals surface area contributed by atoms with Crippen LogP contribution >= 0.6 is 0 Å². The van der Waals surface area contributed by atoms with Crippen LogP contribution < -0.4 is 10.5 Å². The molecule has 2 aromatic heterocycles. The van der Waals surface area contributed by atoms with Crippen LogP contribution in [0.15, 0.2) is 30.5 Å². The van der Waals surface area contributed by atoms with Gasteiger partial charge in [-0.2, -0.15) is 0 Å². The zero-order valence-corrected chi connectivity index (χ0v) is 11.6. The lowest BCUT2D eigenvalue weighted by Gasteiger charge is -2.10. The van der Waals surface area contributed by atoms with Crippen molar-refractivity contribution in [3.05, 3.63) is 47.4 Å². The number of pyridine rings is 2. The van der Waals surface area contributed by atoms with E-state index in [1.54, 1.807) is 6.20 Å². The van der Waals surface area contributed by atoms with Gasteiger partial charge in [-0.15, -0.1) is 0 Å². The Labute approximate surface area is 113 Å². The molecule has 0 saturated carbocycles. The summed E-state index contributed by atoms with van der Waals surface area (Å²) < 4.78 is 5.78. The van der Waals surface area contributed by atoms with Crippen molar-refractivity contribution in [1.82, 2.24) is 9.97 Å². The van der Waals surface area contributed by atoms with Gasteiger partial charge in [0.05, 0.1) is 5.69 Å². The number of aromatic nitrogens is 2. The third-order valence-corrected chi connectivity index (χ3v) is 2.91. The van der Waals surface area contributed by atoms with Crippen LogP contribution in [0.3, 0.4) is 0 Å². The topological polar surface area (TPSA) is 61.0 Å². The van der Waals surface area contributed by atoms with Crippen LogP contribution in [0.5, 0.6) is 11.6 Å². The lowest BCUT2D eigenvalue weighted by Crippen LogP contribution is -2.05. The Bertz CT molecular complexity index is 550. The van der Waals surface area contributed by atoms with Gasteiger partial charge in [-0.1, -0.05) is 13.0 Å². The smallest absolute Gasteiger partial charge is 0.219 e. The molecule has 0 fully saturated rings. The largest absolute Gasteiger partial charge is 0.437 e. The highest BCUT2D eigenvalue weighted by atomic mass is 16.5. The fraction of sp³-hybridized carbons (Fsp3) is 0.333. The second-order valence-electron chi connectivity index (χ2n) is 4.57. The summed E-state index contributed by atoms with van der Waals surface area (Å²) >= 11 is 0. The van der Waals surface area contributed by atoms with Gasteiger partial charge in [0.15, 0.2) is 5.75 Å². The molecule has 0 spiro atoms. The number of rotatable bonds is 4. The van der Waals surface area contributed by atoms with E-state index < -0.39 is 0 Å². The van der Waals surface area contributed by atoms with E-state index in [1.807, 2.05) is 38.1 Å². The Kier molecular flexibility index (Phi) is 4.12. The maximum absolute atomic E-state index is 5.79. The quantitative estimate of drug-likeness (QED) is 0.914. The SMILES string of the molecule is CCc1nc(C)ccc1Oc1ccc(C(C)N)cn1. The van der Waals surface area contributed by atoms with Crippen molar-refractivity contribution >= 4 is 0 Å². The number of nitrogens with zero attached hydrogens (tertiary/aromatic N) is 2. The summed E-state index contributed by atoms with van der Waals surface area (Å²) in [6.45, 7) is 5.95. The van der Waals surface area contributed by atoms with Gasteiger partial charge in [0.25, 0.3) is 0 Å². The predicted octanol–water partition coefficient (Wildman–Crippen LogP) is 3.16. The number of nitrogens with two attached hydrogens (primary N) is 1. The molecule has 0 aromatic carbocycles. The lowest BCUT2D eigenvalue weighted by atomic mass is 10.2. The lowest BCUT2D eigenvalue weighted by molar-refractivity contribution is 0.453. The van der Waals surface area contributed by atoms with E-state index in [1.165, 1.54) is 0 Å². The molecule has 4 nitrogen and oxygen atoms in total. The summed E-state index contributed by atoms with van der Waals surface area (Å²) in [5, 5.41) is 0. The number of aryl methyl sites for hydroxylation is 2. The van der Waals surface area contributed by atoms with Gasteiger partial charge < -0.3 is 10.5 Å². The third kappa shape index (κ3) is 3.29. The molecular weight excluding hydrogens is 238 g/mol. The van der Waals surface area contributed by atoms with E-state index in [-0.39, 0.29) is 6.04 Å². The Morgan fingerprint density at radius 1 is 1.26 bits per heavy atom. The van der Waals surface area contributed by atoms with E-state index >= 15 is 0 Å². The number of ether oxygens (including phenoxy) is 1. The van der Waals surface area contributed by atoms with Crippen LogP contribution in [0.25, 0.3) is 0 Å². The number of hydrogen-bond acceptors (Lipinski definition) is 4. The molecule has 4 heteroatoms. The normalized spacial score (nSPS) is 12.2. The standard InChI is InChI=1S/C15H19N3O/c1-4-13-14(7-5-10(2)18-13)19-15-8-6-12(9-17-15)11(3)16/h5-9,11H,4,16H2,1-3H3. The van der Waals surface area contributed by atoms with Gasteiger partial charge in [0.1, 0.15) is 0 Å². The van der Waals surface area contributed by atoms with Crippen LogP contribution in [0.2, 0.25) is 0 Å². The van der Waals surface area contributed by atoms with Crippen molar-refractivity contribution in [2.24, 2.45) is 5.73 Å². The maximum atomic E-state index is 5.79. The fourth-order valence-corrected chi connectivity index (χ4v) is 1.78. The van der Waals surface area contributed by atoms with Crippen molar-refractivity contribution in [1.29, 1.82) is 0 Å². The first-order valence-electron chi connectivity index (χ1n) is 6.46. The van der Waals surface area contributed by atoms with Gasteiger partial charge in [-0.05, 0) is 38.0 Å². The maximum Gasteiger partial charge on any atom is 0.219 e. The highest BCUT2D eigenvalue weighted by molar-refractivity contribution is 5.33. The van der Waals surface area contributed by atoms with Gasteiger partial charge >= 0.3 is 0 Å². The Morgan fingerprint density at radius 2 is 2.05 bits per heavy atom. The first-order valence-corrected chi connectivity index (χ1v) is 6.46. The summed E-state index contributed by atoms with van der Waals surface area (Å²) in [5.74, 6) is 1.32. The molecule has 0 aliphatic rings. The van der Waals surface area contributed by atoms with E-state index in [0.717, 1.165) is 29.1 Å². The second kappa shape index (κ2) is 5.80. The molecule has 2 heterocycles. The second-order valence-corrected chi connectivity index (χ2v) is 4.57. The molecule has 2 aromatic rings. The molecule has 0 amide bonds. The molecule has 1 unspecified atom stereocenters. The van der Waals surface area contributed by atoms with E-state index in [4.69, 9.17) is 10.5 Å². The van der Waals surface area contributed by atoms with Crippen molar-refractivity contribution in [2.75, 3.05) is 0 Å². The molecule has 0 aliphatic carbocycles. The Hall–Kier alpha value is -1.94. The van der Waals surface area contributed by atoms with E-state index in [0.29, 0.717) is 5.88 Å². The average molecular weight is 257 g/mol. The van der Waals surface area contributed by atoms with Crippen LogP contribution in [0.4, 0.5) is 0 Å². The summed E-state index contributed by atoms with van der Waals surface area (Å²) in [4.78, 5) is 8.72. The molecular formula is C15H19N3O. The van der Waals surface area contributed by atoms with Crippen molar-refractivity contribution in [3.8, 4) is 11.6 Å². The van der Waals surface area contributed by atoms with Crippen LogP contribution in [0, 0.1) is 6.92 Å². The van der Waals surface area contributed by atoms with Gasteiger partial charge in [-0.25, -0.2) is 4.98 Å². The Morgan fingerprint density at radius 3 is 2.63 bits per heavy atom. The molecule has 0 radical (unpaired) electrons. The summed E-state index contributed by atoms with van der Waals surface area (Å²) in [5.41, 5.74) is 8.71. The molecule has 0 bridgehead atoms. The summed E-state index contributed by atoms with van der Waals surface area (Å²) in [6, 6.07) is 7.61. The highest BCUT2D eigenvalue weighted by Crippen LogP contribution is 2.24. The number of hydrogen-bond donors (Lipinski definition) is 1. The molecule has 100 valence electrons. The van der Waals surface area contributed by atoms with Gasteiger partial charge in [-0.3, -0.25) is 4.98 Å². The molecule has 2 N–H and O–H groups in total. The third-order valence-electron chi connectivity index (χ3n) is 2.91. The Balaban J connectivity index is 2.21. The highest BCUT2D eigenvalue weighted by Gasteiger charge is 2.07. The first-order chi connectivity index (χ1) is 9.10. The average Bonchev–Trinajstić information content (AvgIpc) is 2.41. The van der Waals surface area contributed by atoms with Crippen molar-refractivity contribution < 1.29 is 4.74 Å².